The highest BCUT2D eigenvalue weighted by molar-refractivity contribution is 6.30. The number of rotatable bonds is 3. The summed E-state index contributed by atoms with van der Waals surface area (Å²) in [5, 5.41) is 0.0800. The van der Waals surface area contributed by atoms with E-state index in [2.05, 4.69) is 4.98 Å². The number of ether oxygens (including phenoxy) is 1. The van der Waals surface area contributed by atoms with Crippen molar-refractivity contribution in [2.24, 2.45) is 0 Å². The molecule has 0 bridgehead atoms. The van der Waals surface area contributed by atoms with Crippen LogP contribution in [0.1, 0.15) is 5.56 Å². The Balaban J connectivity index is 2.02. The van der Waals surface area contributed by atoms with Gasteiger partial charge in [-0.15, -0.1) is 0 Å². The van der Waals surface area contributed by atoms with Gasteiger partial charge in [0.05, 0.1) is 16.9 Å². The van der Waals surface area contributed by atoms with E-state index in [9.17, 15) is 4.39 Å². The maximum absolute atomic E-state index is 12.9. The standard InChI is InChI=1S/C12H10ClFN2O/c13-10-5-8(1-3-11(10)14)7-17-12-4-2-9(15)6-16-12/h1-6H,7,15H2. The summed E-state index contributed by atoms with van der Waals surface area (Å²) in [5.74, 6) is 0.0145. The van der Waals surface area contributed by atoms with Crippen molar-refractivity contribution in [3.63, 3.8) is 0 Å². The molecule has 3 nitrogen and oxygen atoms in total. The van der Waals surface area contributed by atoms with E-state index in [1.54, 1.807) is 18.2 Å². The summed E-state index contributed by atoms with van der Waals surface area (Å²) >= 11 is 5.65. The maximum atomic E-state index is 12.9. The zero-order valence-corrected chi connectivity index (χ0v) is 9.62. The Morgan fingerprint density at radius 2 is 2.12 bits per heavy atom. The van der Waals surface area contributed by atoms with Crippen molar-refractivity contribution in [2.75, 3.05) is 5.73 Å². The summed E-state index contributed by atoms with van der Waals surface area (Å²) in [6.07, 6.45) is 1.51. The van der Waals surface area contributed by atoms with E-state index >= 15 is 0 Å². The first-order chi connectivity index (χ1) is 8.15. The van der Waals surface area contributed by atoms with E-state index in [1.807, 2.05) is 0 Å². The van der Waals surface area contributed by atoms with Gasteiger partial charge in [0.1, 0.15) is 12.4 Å². The lowest BCUT2D eigenvalue weighted by Crippen LogP contribution is -1.98. The van der Waals surface area contributed by atoms with Crippen LogP contribution in [0.5, 0.6) is 5.88 Å². The first kappa shape index (κ1) is 11.7. The Hall–Kier alpha value is -1.81. The average molecular weight is 253 g/mol. The topological polar surface area (TPSA) is 48.1 Å². The number of halogens is 2. The van der Waals surface area contributed by atoms with Crippen LogP contribution in [0.15, 0.2) is 36.5 Å². The summed E-state index contributed by atoms with van der Waals surface area (Å²) in [7, 11) is 0. The van der Waals surface area contributed by atoms with Crippen molar-refractivity contribution in [1.29, 1.82) is 0 Å². The Kier molecular flexibility index (Phi) is 3.44. The van der Waals surface area contributed by atoms with E-state index in [-0.39, 0.29) is 11.6 Å². The van der Waals surface area contributed by atoms with E-state index < -0.39 is 5.82 Å². The molecular weight excluding hydrogens is 243 g/mol. The van der Waals surface area contributed by atoms with Gasteiger partial charge in [0.2, 0.25) is 5.88 Å². The first-order valence-electron chi connectivity index (χ1n) is 4.93. The fourth-order valence-electron chi connectivity index (χ4n) is 1.26. The van der Waals surface area contributed by atoms with Crippen LogP contribution >= 0.6 is 11.6 Å². The summed E-state index contributed by atoms with van der Waals surface area (Å²) in [6, 6.07) is 7.80. The SMILES string of the molecule is Nc1ccc(OCc2ccc(F)c(Cl)c2)nc1. The second-order valence-corrected chi connectivity index (χ2v) is 3.87. The molecule has 0 aliphatic carbocycles. The van der Waals surface area contributed by atoms with Crippen molar-refractivity contribution >= 4 is 17.3 Å². The Labute approximate surface area is 103 Å². The van der Waals surface area contributed by atoms with Crippen molar-refractivity contribution in [2.45, 2.75) is 6.61 Å². The number of nitrogen functional groups attached to an aromatic ring is 1. The van der Waals surface area contributed by atoms with Gasteiger partial charge >= 0.3 is 0 Å². The number of pyridine rings is 1. The van der Waals surface area contributed by atoms with Crippen molar-refractivity contribution in [1.82, 2.24) is 4.98 Å². The average Bonchev–Trinajstić information content (AvgIpc) is 2.33. The number of nitrogens with zero attached hydrogens (tertiary/aromatic N) is 1. The second kappa shape index (κ2) is 5.01. The molecule has 2 aromatic rings. The number of hydrogen-bond donors (Lipinski definition) is 1. The van der Waals surface area contributed by atoms with Gasteiger partial charge in [-0.2, -0.15) is 0 Å². The van der Waals surface area contributed by atoms with Crippen LogP contribution in [-0.2, 0) is 6.61 Å². The molecule has 1 aromatic carbocycles. The van der Waals surface area contributed by atoms with Gasteiger partial charge < -0.3 is 10.5 Å². The molecule has 0 atom stereocenters. The maximum Gasteiger partial charge on any atom is 0.213 e. The van der Waals surface area contributed by atoms with Gasteiger partial charge in [0, 0.05) is 6.07 Å². The molecule has 0 fully saturated rings. The predicted octanol–water partition coefficient (Wildman–Crippen LogP) is 3.04. The molecule has 17 heavy (non-hydrogen) atoms. The molecule has 0 saturated heterocycles. The molecule has 0 aliphatic rings. The fraction of sp³-hybridized carbons (Fsp3) is 0.0833. The minimum Gasteiger partial charge on any atom is -0.473 e. The van der Waals surface area contributed by atoms with Crippen LogP contribution in [-0.4, -0.2) is 4.98 Å². The molecule has 1 heterocycles. The van der Waals surface area contributed by atoms with Gasteiger partial charge in [-0.05, 0) is 23.8 Å². The highest BCUT2D eigenvalue weighted by Crippen LogP contribution is 2.17. The van der Waals surface area contributed by atoms with Crippen LogP contribution in [0.4, 0.5) is 10.1 Å². The van der Waals surface area contributed by atoms with Gasteiger partial charge in [-0.25, -0.2) is 9.37 Å². The lowest BCUT2D eigenvalue weighted by Gasteiger charge is -2.06. The number of benzene rings is 1. The van der Waals surface area contributed by atoms with E-state index in [0.717, 1.165) is 5.56 Å². The summed E-state index contributed by atoms with van der Waals surface area (Å²) in [4.78, 5) is 3.98. The number of nitrogens with two attached hydrogens (primary N) is 1. The summed E-state index contributed by atoms with van der Waals surface area (Å²) in [6.45, 7) is 0.275. The van der Waals surface area contributed by atoms with E-state index in [4.69, 9.17) is 22.1 Å². The van der Waals surface area contributed by atoms with Crippen molar-refractivity contribution in [3.8, 4) is 5.88 Å². The van der Waals surface area contributed by atoms with Crippen LogP contribution in [0, 0.1) is 5.82 Å². The molecule has 0 aliphatic heterocycles. The summed E-state index contributed by atoms with van der Waals surface area (Å²) < 4.78 is 18.3. The zero-order chi connectivity index (χ0) is 12.3. The highest BCUT2D eigenvalue weighted by atomic mass is 35.5. The lowest BCUT2D eigenvalue weighted by molar-refractivity contribution is 0.294. The largest absolute Gasteiger partial charge is 0.473 e. The zero-order valence-electron chi connectivity index (χ0n) is 8.86. The third-order valence-corrected chi connectivity index (χ3v) is 2.42. The smallest absolute Gasteiger partial charge is 0.213 e. The lowest BCUT2D eigenvalue weighted by atomic mass is 10.2. The molecule has 5 heteroatoms. The predicted molar refractivity (Wildman–Crippen MR) is 64.4 cm³/mol. The first-order valence-corrected chi connectivity index (χ1v) is 5.31. The second-order valence-electron chi connectivity index (χ2n) is 3.47. The van der Waals surface area contributed by atoms with Crippen molar-refractivity contribution < 1.29 is 9.13 Å². The molecule has 0 saturated carbocycles. The Morgan fingerprint density at radius 1 is 1.29 bits per heavy atom. The van der Waals surface area contributed by atoms with Crippen molar-refractivity contribution in [3.05, 3.63) is 52.9 Å². The molecule has 1 aromatic heterocycles. The summed E-state index contributed by atoms with van der Waals surface area (Å²) in [5.41, 5.74) is 6.84. The Morgan fingerprint density at radius 3 is 2.76 bits per heavy atom. The van der Waals surface area contributed by atoms with Crippen LogP contribution in [0.3, 0.4) is 0 Å². The molecule has 2 N–H and O–H groups in total. The van der Waals surface area contributed by atoms with Crippen LogP contribution in [0.2, 0.25) is 5.02 Å². The van der Waals surface area contributed by atoms with Gasteiger partial charge in [0.25, 0.3) is 0 Å². The third-order valence-electron chi connectivity index (χ3n) is 2.13. The van der Waals surface area contributed by atoms with E-state index in [0.29, 0.717) is 11.6 Å². The normalized spacial score (nSPS) is 10.2. The molecule has 0 unspecified atom stereocenters. The van der Waals surface area contributed by atoms with Gasteiger partial charge in [-0.3, -0.25) is 0 Å². The minimum atomic E-state index is -0.443. The molecule has 0 radical (unpaired) electrons. The van der Waals surface area contributed by atoms with Gasteiger partial charge in [-0.1, -0.05) is 17.7 Å². The molecule has 2 rings (SSSR count). The number of hydrogen-bond acceptors (Lipinski definition) is 3. The van der Waals surface area contributed by atoms with Crippen LogP contribution < -0.4 is 10.5 Å². The Bertz CT molecular complexity index is 516. The van der Waals surface area contributed by atoms with E-state index in [1.165, 1.54) is 18.3 Å². The monoisotopic (exact) mass is 252 g/mol. The number of anilines is 1. The molecule has 0 spiro atoms. The molecule has 0 amide bonds. The number of aromatic nitrogens is 1. The van der Waals surface area contributed by atoms with Gasteiger partial charge in [0.15, 0.2) is 0 Å². The van der Waals surface area contributed by atoms with Crippen LogP contribution in [0.25, 0.3) is 0 Å². The third kappa shape index (κ3) is 3.07. The minimum absolute atomic E-state index is 0.0800. The molecule has 88 valence electrons. The highest BCUT2D eigenvalue weighted by Gasteiger charge is 2.02. The molecular formula is C12H10ClFN2O. The fourth-order valence-corrected chi connectivity index (χ4v) is 1.47. The quantitative estimate of drug-likeness (QED) is 0.913.